The first-order valence-corrected chi connectivity index (χ1v) is 9.42. The summed E-state index contributed by atoms with van der Waals surface area (Å²) in [5.74, 6) is 0.432. The van der Waals surface area contributed by atoms with E-state index in [9.17, 15) is 4.79 Å². The van der Waals surface area contributed by atoms with Crippen molar-refractivity contribution in [2.45, 2.75) is 25.3 Å². The number of aldehydes is 1. The number of rotatable bonds is 6. The van der Waals surface area contributed by atoms with Crippen molar-refractivity contribution in [1.82, 2.24) is 19.7 Å². The van der Waals surface area contributed by atoms with Crippen molar-refractivity contribution in [2.24, 2.45) is 0 Å². The molecule has 29 heavy (non-hydrogen) atoms. The molecule has 0 aliphatic heterocycles. The highest BCUT2D eigenvalue weighted by molar-refractivity contribution is 6.39. The molecule has 0 bridgehead atoms. The molecule has 3 aromatic heterocycles. The van der Waals surface area contributed by atoms with Gasteiger partial charge in [0.25, 0.3) is 0 Å². The predicted molar refractivity (Wildman–Crippen MR) is 115 cm³/mol. The van der Waals surface area contributed by atoms with Gasteiger partial charge in [-0.25, -0.2) is 4.98 Å². The van der Waals surface area contributed by atoms with E-state index in [1.807, 2.05) is 38.6 Å². The van der Waals surface area contributed by atoms with E-state index in [4.69, 9.17) is 9.15 Å². The lowest BCUT2D eigenvalue weighted by molar-refractivity contribution is 0.111. The average molecular weight is 386 g/mol. The normalized spacial score (nSPS) is 11.8. The van der Waals surface area contributed by atoms with Gasteiger partial charge in [-0.15, -0.1) is 0 Å². The third-order valence-corrected chi connectivity index (χ3v) is 4.84. The molecule has 0 aliphatic carbocycles. The van der Waals surface area contributed by atoms with Crippen LogP contribution in [0.1, 0.15) is 35.8 Å². The first-order valence-electron chi connectivity index (χ1n) is 9.42. The fourth-order valence-corrected chi connectivity index (χ4v) is 3.47. The van der Waals surface area contributed by atoms with E-state index < -0.39 is 5.40 Å². The summed E-state index contributed by atoms with van der Waals surface area (Å²) in [6, 6.07) is 9.50. The summed E-state index contributed by atoms with van der Waals surface area (Å²) >= 11 is 0. The van der Waals surface area contributed by atoms with Gasteiger partial charge < -0.3 is 9.15 Å². The van der Waals surface area contributed by atoms with Crippen molar-refractivity contribution in [1.29, 1.82) is 0 Å². The first kappa shape index (κ1) is 19.0. The molecule has 0 amide bonds. The lowest BCUT2D eigenvalue weighted by atomic mass is 9.60. The van der Waals surface area contributed by atoms with Crippen LogP contribution in [0.4, 0.5) is 0 Å². The number of fused-ring (bicyclic) bond motifs is 1. The molecule has 0 N–H and O–H groups in total. The number of hydrogen-bond acceptors (Lipinski definition) is 6. The predicted octanol–water partition coefficient (Wildman–Crippen LogP) is 1.94. The summed E-state index contributed by atoms with van der Waals surface area (Å²) in [5.41, 5.74) is 3.95. The fraction of sp³-hybridized carbons (Fsp3) is 0.200. The van der Waals surface area contributed by atoms with E-state index >= 15 is 0 Å². The van der Waals surface area contributed by atoms with Gasteiger partial charge in [0.15, 0.2) is 34.0 Å². The quantitative estimate of drug-likeness (QED) is 0.372. The number of carbonyl (C=O) groups is 1. The largest absolute Gasteiger partial charge is 0.500 e. The van der Waals surface area contributed by atoms with Gasteiger partial charge in [0.2, 0.25) is 0 Å². The molecular formula is C20H20B2N4O3. The third kappa shape index (κ3) is 3.33. The van der Waals surface area contributed by atoms with Crippen LogP contribution < -0.4 is 4.74 Å². The number of pyridine rings is 1. The highest BCUT2D eigenvalue weighted by Gasteiger charge is 2.29. The maximum absolute atomic E-state index is 11.7. The topological polar surface area (TPSA) is 83.0 Å². The van der Waals surface area contributed by atoms with E-state index in [0.29, 0.717) is 22.4 Å². The Labute approximate surface area is 169 Å². The molecule has 4 rings (SSSR count). The van der Waals surface area contributed by atoms with Gasteiger partial charge in [0, 0.05) is 24.0 Å². The van der Waals surface area contributed by atoms with Gasteiger partial charge in [-0.2, -0.15) is 5.10 Å². The van der Waals surface area contributed by atoms with Gasteiger partial charge in [-0.3, -0.25) is 14.5 Å². The molecule has 3 heterocycles. The van der Waals surface area contributed by atoms with Crippen molar-refractivity contribution in [3.63, 3.8) is 0 Å². The van der Waals surface area contributed by atoms with Crippen molar-refractivity contribution in [2.75, 3.05) is 0 Å². The van der Waals surface area contributed by atoms with Gasteiger partial charge in [0.1, 0.15) is 16.8 Å². The molecule has 0 saturated heterocycles. The summed E-state index contributed by atoms with van der Waals surface area (Å²) in [5, 5.41) is 3.65. The maximum Gasteiger partial charge on any atom is 0.182 e. The summed E-state index contributed by atoms with van der Waals surface area (Å²) in [6.45, 7) is 4.15. The number of ether oxygens (including phenoxy) is 1. The molecule has 0 unspecified atom stereocenters. The number of nitrogens with zero attached hydrogens (tertiary/aromatic N) is 4. The molecule has 0 saturated carbocycles. The Balaban J connectivity index is 1.79. The number of carbonyl (C=O) groups excluding carboxylic acids is 1. The van der Waals surface area contributed by atoms with Gasteiger partial charge >= 0.3 is 0 Å². The second kappa shape index (κ2) is 7.24. The van der Waals surface area contributed by atoms with Crippen molar-refractivity contribution in [3.05, 3.63) is 60.2 Å². The van der Waals surface area contributed by atoms with E-state index in [0.717, 1.165) is 23.2 Å². The Hall–Kier alpha value is -3.35. The minimum Gasteiger partial charge on any atom is -0.500 e. The summed E-state index contributed by atoms with van der Waals surface area (Å²) < 4.78 is 13.6. The van der Waals surface area contributed by atoms with Gasteiger partial charge in [-0.05, 0) is 38.1 Å². The van der Waals surface area contributed by atoms with E-state index in [1.165, 1.54) is 6.39 Å². The zero-order chi connectivity index (χ0) is 20.6. The zero-order valence-corrected chi connectivity index (χ0v) is 16.8. The Morgan fingerprint density at radius 2 is 2.00 bits per heavy atom. The van der Waals surface area contributed by atoms with E-state index in [1.54, 1.807) is 24.5 Å². The van der Waals surface area contributed by atoms with Crippen molar-refractivity contribution < 1.29 is 13.9 Å². The number of hydrogen-bond donors (Lipinski definition) is 0. The Kier molecular flexibility index (Phi) is 4.74. The maximum atomic E-state index is 11.7. The van der Waals surface area contributed by atoms with Crippen molar-refractivity contribution in [3.8, 4) is 17.1 Å². The van der Waals surface area contributed by atoms with Crippen molar-refractivity contribution >= 4 is 33.1 Å². The molecule has 0 radical (unpaired) electrons. The molecule has 0 spiro atoms. The summed E-state index contributed by atoms with van der Waals surface area (Å²) in [4.78, 5) is 20.5. The molecule has 0 aliphatic rings. The molecule has 144 valence electrons. The molecule has 0 atom stereocenters. The molecule has 7 nitrogen and oxygen atoms in total. The van der Waals surface area contributed by atoms with Crippen LogP contribution in [0.5, 0.6) is 5.75 Å². The standard InChI is InChI=1S/C20H20B2N4O3/c1-12(2)26-16(7-9-25-26)18-14(4-3-8-23-18)20(21,22)29-17-6-5-15-19(13(17)10-27)28-11-24-15/h3-12H,21-22H2,1-2H3. The lowest BCUT2D eigenvalue weighted by Crippen LogP contribution is -2.35. The van der Waals surface area contributed by atoms with Crippen LogP contribution >= 0.6 is 0 Å². The third-order valence-electron chi connectivity index (χ3n) is 4.84. The number of aromatic nitrogens is 4. The van der Waals surface area contributed by atoms with Gasteiger partial charge in [0.05, 0.1) is 16.8 Å². The average Bonchev–Trinajstić information content (AvgIpc) is 3.37. The van der Waals surface area contributed by atoms with E-state index in [2.05, 4.69) is 28.9 Å². The lowest BCUT2D eigenvalue weighted by Gasteiger charge is -2.30. The fourth-order valence-electron chi connectivity index (χ4n) is 3.47. The second-order valence-electron chi connectivity index (χ2n) is 7.56. The molecule has 0 fully saturated rings. The SMILES string of the molecule is BC(B)(Oc1ccc2ncoc2c1C=O)c1cccnc1-c1ccnn1C(C)C. The van der Waals surface area contributed by atoms with E-state index in [-0.39, 0.29) is 6.04 Å². The second-order valence-corrected chi connectivity index (χ2v) is 7.56. The summed E-state index contributed by atoms with van der Waals surface area (Å²) in [6.07, 6.45) is 5.57. The Morgan fingerprint density at radius 3 is 2.76 bits per heavy atom. The monoisotopic (exact) mass is 386 g/mol. The molecule has 4 aromatic rings. The Bertz CT molecular complexity index is 1180. The highest BCUT2D eigenvalue weighted by atomic mass is 16.5. The van der Waals surface area contributed by atoms with Crippen LogP contribution in [0, 0.1) is 0 Å². The van der Waals surface area contributed by atoms with Crippen LogP contribution in [0.25, 0.3) is 22.5 Å². The number of oxazole rings is 1. The van der Waals surface area contributed by atoms with Crippen LogP contribution in [0.2, 0.25) is 0 Å². The number of benzene rings is 1. The van der Waals surface area contributed by atoms with Crippen LogP contribution in [-0.2, 0) is 5.40 Å². The van der Waals surface area contributed by atoms with Crippen LogP contribution in [0.3, 0.4) is 0 Å². The van der Waals surface area contributed by atoms with Crippen LogP contribution in [0.15, 0.2) is 53.5 Å². The minimum absolute atomic E-state index is 0.189. The summed E-state index contributed by atoms with van der Waals surface area (Å²) in [7, 11) is 3.89. The molecule has 1 aromatic carbocycles. The molecular weight excluding hydrogens is 366 g/mol. The first-order chi connectivity index (χ1) is 13.9. The minimum atomic E-state index is -0.777. The smallest absolute Gasteiger partial charge is 0.182 e. The van der Waals surface area contributed by atoms with Crippen LogP contribution in [-0.4, -0.2) is 41.7 Å². The van der Waals surface area contributed by atoms with Gasteiger partial charge in [-0.1, -0.05) is 6.07 Å². The Morgan fingerprint density at radius 1 is 1.17 bits per heavy atom. The highest BCUT2D eigenvalue weighted by Crippen LogP contribution is 2.34. The molecule has 9 heteroatoms. The zero-order valence-electron chi connectivity index (χ0n) is 16.8.